The van der Waals surface area contributed by atoms with Crippen LogP contribution >= 0.6 is 0 Å². The number of rotatable bonds is 3. The fraction of sp³-hybridized carbons (Fsp3) is 0.571. The molecule has 18 heavy (non-hydrogen) atoms. The molecule has 0 aliphatic carbocycles. The van der Waals surface area contributed by atoms with E-state index >= 15 is 0 Å². The average molecular weight is 248 g/mol. The maximum atomic E-state index is 11.9. The molecule has 1 aliphatic rings. The van der Waals surface area contributed by atoms with Crippen LogP contribution in [0.4, 0.5) is 0 Å². The molecular formula is C14H20N2O2. The lowest BCUT2D eigenvalue weighted by molar-refractivity contribution is 0.0524. The Morgan fingerprint density at radius 2 is 2.28 bits per heavy atom. The Balaban J connectivity index is 2.39. The quantitative estimate of drug-likeness (QED) is 0.765. The number of hydrogen-bond donors (Lipinski definition) is 0. The number of carbonyl (C=O) groups is 1. The van der Waals surface area contributed by atoms with Crippen LogP contribution in [0.25, 0.3) is 0 Å². The Labute approximate surface area is 108 Å². The summed E-state index contributed by atoms with van der Waals surface area (Å²) < 4.78 is 5.10. The van der Waals surface area contributed by atoms with E-state index in [9.17, 15) is 4.79 Å². The summed E-state index contributed by atoms with van der Waals surface area (Å²) in [7, 11) is 2.08. The van der Waals surface area contributed by atoms with E-state index in [0.717, 1.165) is 42.9 Å². The maximum Gasteiger partial charge on any atom is 0.339 e. The highest BCUT2D eigenvalue weighted by atomic mass is 16.5. The summed E-state index contributed by atoms with van der Waals surface area (Å²) in [6.07, 6.45) is 1.72. The predicted octanol–water partition coefficient (Wildman–Crippen LogP) is 1.81. The fourth-order valence-electron chi connectivity index (χ4n) is 2.31. The van der Waals surface area contributed by atoms with E-state index in [0.29, 0.717) is 12.2 Å². The lowest BCUT2D eigenvalue weighted by Crippen LogP contribution is -2.28. The summed E-state index contributed by atoms with van der Waals surface area (Å²) in [5, 5.41) is 0. The Kier molecular flexibility index (Phi) is 3.97. The normalized spacial score (nSPS) is 15.3. The number of esters is 1. The molecule has 0 atom stereocenters. The number of nitrogens with zero attached hydrogens (tertiary/aromatic N) is 2. The first-order valence-corrected chi connectivity index (χ1v) is 6.53. The standard InChI is InChI=1S/C14H20N2O2/c1-4-12-11(14(17)18-5-2)8-10-9-16(3)7-6-13(10)15-12/h8H,4-7,9H2,1-3H3. The molecule has 1 aromatic heterocycles. The maximum absolute atomic E-state index is 11.9. The predicted molar refractivity (Wildman–Crippen MR) is 69.6 cm³/mol. The second-order valence-corrected chi connectivity index (χ2v) is 4.65. The molecule has 0 aromatic carbocycles. The van der Waals surface area contributed by atoms with Gasteiger partial charge in [-0.25, -0.2) is 4.79 Å². The molecule has 0 saturated heterocycles. The number of hydrogen-bond acceptors (Lipinski definition) is 4. The number of ether oxygens (including phenoxy) is 1. The summed E-state index contributed by atoms with van der Waals surface area (Å²) in [6.45, 7) is 6.13. The SMILES string of the molecule is CCOC(=O)c1cc2c(nc1CC)CCN(C)C2. The number of pyridine rings is 1. The van der Waals surface area contributed by atoms with E-state index in [1.807, 2.05) is 19.9 Å². The van der Waals surface area contributed by atoms with Crippen LogP contribution < -0.4 is 0 Å². The minimum atomic E-state index is -0.252. The molecule has 0 spiro atoms. The first-order valence-electron chi connectivity index (χ1n) is 6.53. The molecule has 2 heterocycles. The topological polar surface area (TPSA) is 42.4 Å². The van der Waals surface area contributed by atoms with Crippen LogP contribution in [0.3, 0.4) is 0 Å². The molecule has 0 N–H and O–H groups in total. The highest BCUT2D eigenvalue weighted by Gasteiger charge is 2.20. The summed E-state index contributed by atoms with van der Waals surface area (Å²) in [5.41, 5.74) is 3.78. The lowest BCUT2D eigenvalue weighted by Gasteiger charge is -2.25. The fourth-order valence-corrected chi connectivity index (χ4v) is 2.31. The Hall–Kier alpha value is -1.42. The van der Waals surface area contributed by atoms with Crippen molar-refractivity contribution in [2.24, 2.45) is 0 Å². The van der Waals surface area contributed by atoms with Crippen LogP contribution in [0.5, 0.6) is 0 Å². The van der Waals surface area contributed by atoms with Gasteiger partial charge in [-0.2, -0.15) is 0 Å². The van der Waals surface area contributed by atoms with Gasteiger partial charge in [0.2, 0.25) is 0 Å². The molecule has 98 valence electrons. The van der Waals surface area contributed by atoms with Crippen LogP contribution in [0.1, 0.15) is 41.2 Å². The monoisotopic (exact) mass is 248 g/mol. The van der Waals surface area contributed by atoms with E-state index in [4.69, 9.17) is 4.74 Å². The van der Waals surface area contributed by atoms with Crippen LogP contribution in [0, 0.1) is 0 Å². The number of aryl methyl sites for hydroxylation is 1. The molecular weight excluding hydrogens is 228 g/mol. The van der Waals surface area contributed by atoms with Crippen molar-refractivity contribution in [1.82, 2.24) is 9.88 Å². The highest BCUT2D eigenvalue weighted by Crippen LogP contribution is 2.20. The van der Waals surface area contributed by atoms with E-state index in [1.54, 1.807) is 0 Å². The van der Waals surface area contributed by atoms with Gasteiger partial charge in [0.1, 0.15) is 0 Å². The third-order valence-corrected chi connectivity index (χ3v) is 3.27. The molecule has 4 heteroatoms. The first-order chi connectivity index (χ1) is 8.65. The third kappa shape index (κ3) is 2.53. The average Bonchev–Trinajstić information content (AvgIpc) is 2.37. The van der Waals surface area contributed by atoms with Crippen molar-refractivity contribution < 1.29 is 9.53 Å². The van der Waals surface area contributed by atoms with Crippen molar-refractivity contribution in [3.05, 3.63) is 28.6 Å². The van der Waals surface area contributed by atoms with E-state index in [2.05, 4.69) is 16.9 Å². The zero-order valence-corrected chi connectivity index (χ0v) is 11.3. The largest absolute Gasteiger partial charge is 0.462 e. The Morgan fingerprint density at radius 1 is 1.50 bits per heavy atom. The van der Waals surface area contributed by atoms with Gasteiger partial charge in [0, 0.05) is 25.2 Å². The zero-order valence-electron chi connectivity index (χ0n) is 11.3. The van der Waals surface area contributed by atoms with Crippen LogP contribution in [0.2, 0.25) is 0 Å². The molecule has 0 fully saturated rings. The van der Waals surface area contributed by atoms with Crippen LogP contribution in [0.15, 0.2) is 6.07 Å². The molecule has 2 rings (SSSR count). The minimum absolute atomic E-state index is 0.252. The number of aromatic nitrogens is 1. The molecule has 0 unspecified atom stereocenters. The van der Waals surface area contributed by atoms with Gasteiger partial charge in [0.25, 0.3) is 0 Å². The van der Waals surface area contributed by atoms with Crippen molar-refractivity contribution >= 4 is 5.97 Å². The lowest BCUT2D eigenvalue weighted by atomic mass is 10.0. The second-order valence-electron chi connectivity index (χ2n) is 4.65. The molecule has 0 bridgehead atoms. The van der Waals surface area contributed by atoms with Gasteiger partial charge in [-0.05, 0) is 32.0 Å². The van der Waals surface area contributed by atoms with Crippen LogP contribution in [-0.4, -0.2) is 36.1 Å². The van der Waals surface area contributed by atoms with Gasteiger partial charge in [0.05, 0.1) is 17.9 Å². The summed E-state index contributed by atoms with van der Waals surface area (Å²) >= 11 is 0. The smallest absolute Gasteiger partial charge is 0.339 e. The van der Waals surface area contributed by atoms with Gasteiger partial charge < -0.3 is 9.64 Å². The van der Waals surface area contributed by atoms with Crippen molar-refractivity contribution in [3.8, 4) is 0 Å². The first kappa shape index (κ1) is 13.0. The molecule has 0 amide bonds. The number of fused-ring (bicyclic) bond motifs is 1. The van der Waals surface area contributed by atoms with Gasteiger partial charge >= 0.3 is 5.97 Å². The second kappa shape index (κ2) is 5.48. The molecule has 0 radical (unpaired) electrons. The van der Waals surface area contributed by atoms with E-state index in [-0.39, 0.29) is 5.97 Å². The molecule has 1 aromatic rings. The third-order valence-electron chi connectivity index (χ3n) is 3.27. The van der Waals surface area contributed by atoms with Gasteiger partial charge in [0.15, 0.2) is 0 Å². The minimum Gasteiger partial charge on any atom is -0.462 e. The van der Waals surface area contributed by atoms with Crippen molar-refractivity contribution in [2.75, 3.05) is 20.2 Å². The van der Waals surface area contributed by atoms with Gasteiger partial charge in [-0.3, -0.25) is 4.98 Å². The van der Waals surface area contributed by atoms with Gasteiger partial charge in [-0.15, -0.1) is 0 Å². The van der Waals surface area contributed by atoms with Crippen molar-refractivity contribution in [3.63, 3.8) is 0 Å². The van der Waals surface area contributed by atoms with E-state index in [1.165, 1.54) is 0 Å². The summed E-state index contributed by atoms with van der Waals surface area (Å²) in [5.74, 6) is -0.252. The van der Waals surface area contributed by atoms with Crippen LogP contribution in [-0.2, 0) is 24.1 Å². The van der Waals surface area contributed by atoms with Crippen molar-refractivity contribution in [2.45, 2.75) is 33.2 Å². The highest BCUT2D eigenvalue weighted by molar-refractivity contribution is 5.90. The van der Waals surface area contributed by atoms with Gasteiger partial charge in [-0.1, -0.05) is 6.92 Å². The number of carbonyl (C=O) groups excluding carboxylic acids is 1. The summed E-state index contributed by atoms with van der Waals surface area (Å²) in [6, 6.07) is 1.97. The number of likely N-dealkylation sites (N-methyl/N-ethyl adjacent to an activating group) is 1. The van der Waals surface area contributed by atoms with E-state index < -0.39 is 0 Å². The molecule has 4 nitrogen and oxygen atoms in total. The summed E-state index contributed by atoms with van der Waals surface area (Å²) in [4.78, 5) is 18.8. The Bertz CT molecular complexity index is 457. The Morgan fingerprint density at radius 3 is 2.94 bits per heavy atom. The zero-order chi connectivity index (χ0) is 13.1. The van der Waals surface area contributed by atoms with Crippen molar-refractivity contribution in [1.29, 1.82) is 0 Å². The molecule has 1 aliphatic heterocycles. The molecule has 0 saturated carbocycles.